The zero-order valence-corrected chi connectivity index (χ0v) is 16.2. The molecule has 3 rings (SSSR count). The van der Waals surface area contributed by atoms with Gasteiger partial charge in [-0.3, -0.25) is 9.59 Å². The van der Waals surface area contributed by atoms with E-state index in [-0.39, 0.29) is 11.8 Å². The van der Waals surface area contributed by atoms with Crippen LogP contribution < -0.4 is 5.32 Å². The van der Waals surface area contributed by atoms with E-state index in [4.69, 9.17) is 4.74 Å². The average Bonchev–Trinajstić information content (AvgIpc) is 3.18. The van der Waals surface area contributed by atoms with Gasteiger partial charge >= 0.3 is 0 Å². The van der Waals surface area contributed by atoms with Crippen LogP contribution in [-0.4, -0.2) is 36.5 Å². The number of anilines is 1. The number of benzene rings is 2. The fourth-order valence-electron chi connectivity index (χ4n) is 2.89. The van der Waals surface area contributed by atoms with Crippen LogP contribution in [0.1, 0.15) is 28.8 Å². The number of hydrogen-bond acceptors (Lipinski definition) is 3. The molecule has 0 saturated carbocycles. The lowest BCUT2D eigenvalue weighted by molar-refractivity contribution is -0.124. The second-order valence-electron chi connectivity index (χ2n) is 6.36. The highest BCUT2D eigenvalue weighted by atomic mass is 79.9. The van der Waals surface area contributed by atoms with Gasteiger partial charge in [-0.05, 0) is 48.7 Å². The van der Waals surface area contributed by atoms with Crippen molar-refractivity contribution in [2.24, 2.45) is 0 Å². The van der Waals surface area contributed by atoms with Gasteiger partial charge in [-0.2, -0.15) is 0 Å². The van der Waals surface area contributed by atoms with E-state index in [1.165, 1.54) is 0 Å². The first kappa shape index (κ1) is 18.6. The molecule has 0 aromatic heterocycles. The molecule has 5 nitrogen and oxygen atoms in total. The van der Waals surface area contributed by atoms with Gasteiger partial charge < -0.3 is 15.0 Å². The molecule has 0 bridgehead atoms. The van der Waals surface area contributed by atoms with Crippen molar-refractivity contribution in [1.29, 1.82) is 0 Å². The summed E-state index contributed by atoms with van der Waals surface area (Å²) in [6.07, 6.45) is 1.24. The van der Waals surface area contributed by atoms with Gasteiger partial charge in [0.25, 0.3) is 11.8 Å². The summed E-state index contributed by atoms with van der Waals surface area (Å²) in [5.74, 6) is -0.253. The Balaban J connectivity index is 1.65. The molecule has 1 unspecified atom stereocenters. The number of ether oxygens (including phenoxy) is 1. The summed E-state index contributed by atoms with van der Waals surface area (Å²) in [4.78, 5) is 26.5. The molecule has 2 aromatic carbocycles. The van der Waals surface area contributed by atoms with Crippen LogP contribution in [0.3, 0.4) is 0 Å². The van der Waals surface area contributed by atoms with Gasteiger partial charge in [0.15, 0.2) is 0 Å². The minimum atomic E-state index is -0.394. The predicted octanol–water partition coefficient (Wildman–Crippen LogP) is 3.84. The molecule has 0 radical (unpaired) electrons. The Morgan fingerprint density at radius 2 is 2.00 bits per heavy atom. The van der Waals surface area contributed by atoms with E-state index in [0.717, 1.165) is 22.9 Å². The number of nitrogens with one attached hydrogen (secondary N) is 1. The van der Waals surface area contributed by atoms with Gasteiger partial charge in [0, 0.05) is 35.9 Å². The zero-order valence-electron chi connectivity index (χ0n) is 14.6. The number of rotatable bonds is 5. The Morgan fingerprint density at radius 3 is 2.69 bits per heavy atom. The average molecular weight is 417 g/mol. The molecule has 1 aliphatic heterocycles. The van der Waals surface area contributed by atoms with Crippen molar-refractivity contribution in [3.8, 4) is 0 Å². The Morgan fingerprint density at radius 1 is 1.23 bits per heavy atom. The van der Waals surface area contributed by atoms with Crippen LogP contribution in [0.2, 0.25) is 0 Å². The lowest BCUT2D eigenvalue weighted by Gasteiger charge is -2.18. The van der Waals surface area contributed by atoms with Crippen molar-refractivity contribution in [3.63, 3.8) is 0 Å². The highest BCUT2D eigenvalue weighted by Gasteiger charge is 2.23. The molecule has 2 amide bonds. The largest absolute Gasteiger partial charge is 0.368 e. The summed E-state index contributed by atoms with van der Waals surface area (Å²) in [6.45, 7) is 1.13. The quantitative estimate of drug-likeness (QED) is 0.805. The van der Waals surface area contributed by atoms with Gasteiger partial charge in [0.1, 0.15) is 6.10 Å². The molecule has 1 N–H and O–H groups in total. The standard InChI is InChI=1S/C20H21BrN2O3/c1-23(13-14-7-9-16(21)10-8-14)20(25)15-4-2-5-17(12-15)22-19(24)18-6-3-11-26-18/h2,4-5,7-10,12,18H,3,6,11,13H2,1H3,(H,22,24). The first-order chi connectivity index (χ1) is 12.5. The van der Waals surface area contributed by atoms with E-state index < -0.39 is 6.10 Å². The summed E-state index contributed by atoms with van der Waals surface area (Å²) in [5, 5.41) is 2.83. The fraction of sp³-hybridized carbons (Fsp3) is 0.300. The van der Waals surface area contributed by atoms with Crippen LogP contribution in [0.4, 0.5) is 5.69 Å². The van der Waals surface area contributed by atoms with Gasteiger partial charge in [-0.25, -0.2) is 0 Å². The summed E-state index contributed by atoms with van der Waals surface area (Å²) in [5.41, 5.74) is 2.19. The normalized spacial score (nSPS) is 16.3. The number of carbonyl (C=O) groups excluding carboxylic acids is 2. The maximum absolute atomic E-state index is 12.7. The Hall–Kier alpha value is -2.18. The third kappa shape index (κ3) is 4.71. The minimum absolute atomic E-state index is 0.0962. The first-order valence-electron chi connectivity index (χ1n) is 8.55. The van der Waals surface area contributed by atoms with Gasteiger partial charge in [0.2, 0.25) is 0 Å². The van der Waals surface area contributed by atoms with E-state index in [9.17, 15) is 9.59 Å². The SMILES string of the molecule is CN(Cc1ccc(Br)cc1)C(=O)c1cccc(NC(=O)C2CCCO2)c1. The van der Waals surface area contributed by atoms with E-state index in [2.05, 4.69) is 21.2 Å². The van der Waals surface area contributed by atoms with Gasteiger partial charge in [-0.15, -0.1) is 0 Å². The molecule has 26 heavy (non-hydrogen) atoms. The third-order valence-corrected chi connectivity index (χ3v) is 4.81. The molecule has 136 valence electrons. The van der Waals surface area contributed by atoms with Crippen molar-refractivity contribution in [1.82, 2.24) is 4.90 Å². The molecule has 1 fully saturated rings. The number of amides is 2. The maximum atomic E-state index is 12.7. The van der Waals surface area contributed by atoms with Crippen LogP contribution >= 0.6 is 15.9 Å². The van der Waals surface area contributed by atoms with Crippen LogP contribution in [0.25, 0.3) is 0 Å². The monoisotopic (exact) mass is 416 g/mol. The van der Waals surface area contributed by atoms with Crippen LogP contribution in [0, 0.1) is 0 Å². The maximum Gasteiger partial charge on any atom is 0.253 e. The van der Waals surface area contributed by atoms with Crippen LogP contribution in [0.5, 0.6) is 0 Å². The van der Waals surface area contributed by atoms with Crippen molar-refractivity contribution in [2.45, 2.75) is 25.5 Å². The topological polar surface area (TPSA) is 58.6 Å². The third-order valence-electron chi connectivity index (χ3n) is 4.28. The molecule has 6 heteroatoms. The predicted molar refractivity (Wildman–Crippen MR) is 104 cm³/mol. The highest BCUT2D eigenvalue weighted by Crippen LogP contribution is 2.18. The summed E-state index contributed by atoms with van der Waals surface area (Å²) in [6, 6.07) is 14.9. The lowest BCUT2D eigenvalue weighted by atomic mass is 10.1. The Labute approximate surface area is 161 Å². The van der Waals surface area contributed by atoms with E-state index in [0.29, 0.717) is 24.4 Å². The summed E-state index contributed by atoms with van der Waals surface area (Å²) < 4.78 is 6.39. The second kappa shape index (κ2) is 8.47. The molecule has 0 aliphatic carbocycles. The van der Waals surface area contributed by atoms with E-state index in [1.807, 2.05) is 24.3 Å². The van der Waals surface area contributed by atoms with Crippen molar-refractivity contribution >= 4 is 33.4 Å². The van der Waals surface area contributed by atoms with Gasteiger partial charge in [0.05, 0.1) is 0 Å². The highest BCUT2D eigenvalue weighted by molar-refractivity contribution is 9.10. The number of nitrogens with zero attached hydrogens (tertiary/aromatic N) is 1. The molecule has 0 spiro atoms. The number of carbonyl (C=O) groups is 2. The van der Waals surface area contributed by atoms with Gasteiger partial charge in [-0.1, -0.05) is 34.1 Å². The molecule has 2 aromatic rings. The molecule has 1 heterocycles. The number of halogens is 1. The van der Waals surface area contributed by atoms with E-state index >= 15 is 0 Å². The Kier molecular flexibility index (Phi) is 6.06. The molecule has 1 aliphatic rings. The number of hydrogen-bond donors (Lipinski definition) is 1. The van der Waals surface area contributed by atoms with Crippen LogP contribution in [-0.2, 0) is 16.1 Å². The van der Waals surface area contributed by atoms with E-state index in [1.54, 1.807) is 36.2 Å². The van der Waals surface area contributed by atoms with Crippen molar-refractivity contribution in [2.75, 3.05) is 19.0 Å². The lowest BCUT2D eigenvalue weighted by Crippen LogP contribution is -2.28. The first-order valence-corrected chi connectivity index (χ1v) is 9.34. The molecular weight excluding hydrogens is 396 g/mol. The van der Waals surface area contributed by atoms with Crippen molar-refractivity contribution < 1.29 is 14.3 Å². The molecular formula is C20H21BrN2O3. The summed E-state index contributed by atoms with van der Waals surface area (Å²) in [7, 11) is 1.77. The summed E-state index contributed by atoms with van der Waals surface area (Å²) >= 11 is 3.41. The smallest absolute Gasteiger partial charge is 0.253 e. The zero-order chi connectivity index (χ0) is 18.5. The second-order valence-corrected chi connectivity index (χ2v) is 7.28. The minimum Gasteiger partial charge on any atom is -0.368 e. The van der Waals surface area contributed by atoms with Crippen LogP contribution in [0.15, 0.2) is 53.0 Å². The Bertz CT molecular complexity index is 786. The fourth-order valence-corrected chi connectivity index (χ4v) is 3.16. The molecule has 1 saturated heterocycles. The molecule has 1 atom stereocenters. The van der Waals surface area contributed by atoms with Crippen molar-refractivity contribution in [3.05, 3.63) is 64.1 Å².